The van der Waals surface area contributed by atoms with Gasteiger partial charge in [-0.2, -0.15) is 0 Å². The number of carbonyl (C=O) groups is 3. The predicted molar refractivity (Wildman–Crippen MR) is 150 cm³/mol. The molecule has 0 aliphatic carbocycles. The molecule has 11 nitrogen and oxygen atoms in total. The maximum absolute atomic E-state index is 12.0. The molecular weight excluding hydrogens is 527 g/mol. The Kier molecular flexibility index (Phi) is 23.8. The fraction of sp³-hybridized carbons (Fsp3) is 0.815. The van der Waals surface area contributed by atoms with E-state index in [1.54, 1.807) is 0 Å². The van der Waals surface area contributed by atoms with Crippen LogP contribution in [0.3, 0.4) is 0 Å². The normalized spacial score (nSPS) is 13.5. The number of allylic oxidation sites excluding steroid dienone is 1. The molecule has 1 unspecified atom stereocenters. The first-order valence-electron chi connectivity index (χ1n) is 14.2. The Hall–Kier alpha value is -1.94. The highest BCUT2D eigenvalue weighted by Crippen LogP contribution is 2.43. The molecule has 12 heteroatoms. The quantitative estimate of drug-likeness (QED) is 0.0562. The Morgan fingerprint density at radius 2 is 1.44 bits per heavy atom. The molecule has 0 spiro atoms. The number of amides is 2. The summed E-state index contributed by atoms with van der Waals surface area (Å²) in [6.07, 6.45) is 19.0. The molecule has 0 bridgehead atoms. The maximum atomic E-state index is 12.0. The number of phosphoric ester groups is 1. The third kappa shape index (κ3) is 27.4. The molecule has 0 aliphatic rings. The summed E-state index contributed by atoms with van der Waals surface area (Å²) in [7, 11) is -4.44. The molecule has 0 saturated heterocycles. The molecule has 39 heavy (non-hydrogen) atoms. The second kappa shape index (κ2) is 25.1. The second-order valence-electron chi connectivity index (χ2n) is 9.47. The number of hydrogen-bond acceptors (Lipinski definition) is 8. The van der Waals surface area contributed by atoms with Crippen LogP contribution in [0.25, 0.3) is 0 Å². The van der Waals surface area contributed by atoms with Crippen molar-refractivity contribution in [2.45, 2.75) is 110 Å². The molecule has 0 aliphatic heterocycles. The van der Waals surface area contributed by atoms with Gasteiger partial charge in [-0.25, -0.2) is 4.57 Å². The standard InChI is InChI=1S/C27H51N2O9P/c1-4-5-6-7-8-9-10-11-12-13-14-15-16-17-19-35-22-26(38-25(3)31)23-37-39(33,34)36-20-18-28-27(32)21-29-24(2)30/h17,19,26H,4-16,18,20-23H2,1-3H3,(H,28,32)(H,29,30)(H,33,34)/b19-17+/t26-/m1/s1. The average molecular weight is 579 g/mol. The first-order chi connectivity index (χ1) is 18.7. The van der Waals surface area contributed by atoms with Gasteiger partial charge in [0, 0.05) is 20.4 Å². The van der Waals surface area contributed by atoms with Crippen molar-refractivity contribution in [3.05, 3.63) is 12.3 Å². The Morgan fingerprint density at radius 1 is 0.846 bits per heavy atom. The number of phosphoric acid groups is 1. The van der Waals surface area contributed by atoms with Crippen molar-refractivity contribution in [3.63, 3.8) is 0 Å². The molecule has 0 saturated carbocycles. The predicted octanol–water partition coefficient (Wildman–Crippen LogP) is 4.93. The topological polar surface area (TPSA) is 149 Å². The molecule has 228 valence electrons. The zero-order valence-electron chi connectivity index (χ0n) is 24.1. The van der Waals surface area contributed by atoms with Gasteiger partial charge in [0.2, 0.25) is 11.8 Å². The van der Waals surface area contributed by atoms with E-state index in [-0.39, 0.29) is 32.2 Å². The minimum Gasteiger partial charge on any atom is -0.498 e. The van der Waals surface area contributed by atoms with Crippen molar-refractivity contribution in [3.8, 4) is 0 Å². The van der Waals surface area contributed by atoms with Gasteiger partial charge in [-0.15, -0.1) is 0 Å². The summed E-state index contributed by atoms with van der Waals surface area (Å²) in [5.74, 6) is -1.40. The monoisotopic (exact) mass is 578 g/mol. The number of rotatable bonds is 26. The van der Waals surface area contributed by atoms with E-state index in [1.807, 2.05) is 6.08 Å². The van der Waals surface area contributed by atoms with Crippen molar-refractivity contribution in [1.29, 1.82) is 0 Å². The van der Waals surface area contributed by atoms with Crippen LogP contribution in [-0.2, 0) is 37.5 Å². The second-order valence-corrected chi connectivity index (χ2v) is 10.9. The minimum atomic E-state index is -4.44. The molecule has 0 heterocycles. The summed E-state index contributed by atoms with van der Waals surface area (Å²) >= 11 is 0. The summed E-state index contributed by atoms with van der Waals surface area (Å²) in [6, 6.07) is 0. The Balaban J connectivity index is 3.95. The largest absolute Gasteiger partial charge is 0.498 e. The van der Waals surface area contributed by atoms with Gasteiger partial charge in [-0.3, -0.25) is 23.4 Å². The number of nitrogens with one attached hydrogen (secondary N) is 2. The lowest BCUT2D eigenvalue weighted by Crippen LogP contribution is -2.37. The fourth-order valence-corrected chi connectivity index (χ4v) is 4.34. The first-order valence-corrected chi connectivity index (χ1v) is 15.7. The van der Waals surface area contributed by atoms with Crippen LogP contribution in [0.5, 0.6) is 0 Å². The highest BCUT2D eigenvalue weighted by Gasteiger charge is 2.24. The third-order valence-electron chi connectivity index (χ3n) is 5.63. The van der Waals surface area contributed by atoms with E-state index in [9.17, 15) is 23.8 Å². The van der Waals surface area contributed by atoms with Crippen LogP contribution in [0.4, 0.5) is 0 Å². The molecule has 0 aromatic heterocycles. The molecule has 2 amide bonds. The molecule has 0 radical (unpaired) electrons. The smallest absolute Gasteiger partial charge is 0.472 e. The van der Waals surface area contributed by atoms with Crippen LogP contribution in [0.15, 0.2) is 12.3 Å². The summed E-state index contributed by atoms with van der Waals surface area (Å²) in [5, 5.41) is 4.73. The fourth-order valence-electron chi connectivity index (χ4n) is 3.59. The lowest BCUT2D eigenvalue weighted by atomic mass is 10.0. The average Bonchev–Trinajstić information content (AvgIpc) is 2.88. The zero-order chi connectivity index (χ0) is 29.2. The summed E-state index contributed by atoms with van der Waals surface area (Å²) in [4.78, 5) is 43.4. The van der Waals surface area contributed by atoms with Crippen LogP contribution in [0, 0.1) is 0 Å². The van der Waals surface area contributed by atoms with Crippen molar-refractivity contribution in [2.75, 3.05) is 32.9 Å². The molecule has 0 rings (SSSR count). The summed E-state index contributed by atoms with van der Waals surface area (Å²) in [6.45, 7) is 3.72. The van der Waals surface area contributed by atoms with Crippen LogP contribution >= 0.6 is 7.82 Å². The van der Waals surface area contributed by atoms with Crippen molar-refractivity contribution in [2.24, 2.45) is 0 Å². The zero-order valence-corrected chi connectivity index (χ0v) is 25.0. The van der Waals surface area contributed by atoms with Crippen molar-refractivity contribution >= 4 is 25.6 Å². The number of unbranched alkanes of at least 4 members (excludes halogenated alkanes) is 12. The van der Waals surface area contributed by atoms with E-state index in [0.717, 1.165) is 12.8 Å². The van der Waals surface area contributed by atoms with Crippen LogP contribution in [-0.4, -0.2) is 61.7 Å². The number of esters is 1. The number of hydrogen-bond donors (Lipinski definition) is 3. The molecular formula is C27H51N2O9P. The molecule has 0 aromatic carbocycles. The van der Waals surface area contributed by atoms with E-state index in [2.05, 4.69) is 17.6 Å². The van der Waals surface area contributed by atoms with Gasteiger partial charge < -0.3 is 25.0 Å². The maximum Gasteiger partial charge on any atom is 0.472 e. The van der Waals surface area contributed by atoms with E-state index in [0.29, 0.717) is 0 Å². The SMILES string of the molecule is CCCCCCCCCCCCCC/C=C/OC[C@H](COP(=O)(O)OCCNC(=O)CNC(C)=O)OC(C)=O. The highest BCUT2D eigenvalue weighted by molar-refractivity contribution is 7.47. The van der Waals surface area contributed by atoms with Gasteiger partial charge >= 0.3 is 13.8 Å². The van der Waals surface area contributed by atoms with E-state index in [4.69, 9.17) is 18.5 Å². The van der Waals surface area contributed by atoms with E-state index < -0.39 is 32.4 Å². The summed E-state index contributed by atoms with van der Waals surface area (Å²) in [5.41, 5.74) is 0. The van der Waals surface area contributed by atoms with Crippen molar-refractivity contribution < 1.29 is 42.4 Å². The van der Waals surface area contributed by atoms with Gasteiger partial charge in [0.15, 0.2) is 6.10 Å². The Morgan fingerprint density at radius 3 is 2.00 bits per heavy atom. The van der Waals surface area contributed by atoms with Crippen molar-refractivity contribution in [1.82, 2.24) is 10.6 Å². The Bertz CT molecular complexity index is 734. The Labute approximate surface area is 234 Å². The molecule has 0 fully saturated rings. The first kappa shape index (κ1) is 37.1. The van der Waals surface area contributed by atoms with Gasteiger partial charge in [0.25, 0.3) is 0 Å². The van der Waals surface area contributed by atoms with Gasteiger partial charge in [0.1, 0.15) is 6.61 Å². The molecule has 0 aromatic rings. The number of ether oxygens (including phenoxy) is 2. The minimum absolute atomic E-state index is 0.0479. The highest BCUT2D eigenvalue weighted by atomic mass is 31.2. The van der Waals surface area contributed by atoms with E-state index >= 15 is 0 Å². The van der Waals surface area contributed by atoms with Gasteiger partial charge in [0.05, 0.1) is 26.0 Å². The summed E-state index contributed by atoms with van der Waals surface area (Å²) < 4.78 is 32.2. The van der Waals surface area contributed by atoms with Gasteiger partial charge in [-0.05, 0) is 18.9 Å². The molecule has 2 atom stereocenters. The van der Waals surface area contributed by atoms with Gasteiger partial charge in [-0.1, -0.05) is 77.6 Å². The lowest BCUT2D eigenvalue weighted by Gasteiger charge is -2.18. The lowest BCUT2D eigenvalue weighted by molar-refractivity contribution is -0.150. The van der Waals surface area contributed by atoms with E-state index in [1.165, 1.54) is 90.7 Å². The van der Waals surface area contributed by atoms with Crippen LogP contribution in [0.2, 0.25) is 0 Å². The van der Waals surface area contributed by atoms with Crippen LogP contribution in [0.1, 0.15) is 104 Å². The third-order valence-corrected chi connectivity index (χ3v) is 6.62. The van der Waals surface area contributed by atoms with Crippen LogP contribution < -0.4 is 10.6 Å². The number of carbonyl (C=O) groups excluding carboxylic acids is 3. The molecule has 3 N–H and O–H groups in total.